The highest BCUT2D eigenvalue weighted by Gasteiger charge is 2.40. The average Bonchev–Trinajstić information content (AvgIpc) is 3.61. The molecular weight excluding hydrogens is 562 g/mol. The standard InChI is InChI=1S/C29H28F2N8O4/c1-32-18-7-17(30)23(31)21-22-25(38-11-19-20(12-38)43-5-4-37(19)3)15(9-34-27(22)36-24(18)21)13-6-14-26(40)16(29(41)42)10-39(33-2)28(14)35-8-13/h6-10,19-20,32-33H,4-5,11-12H2,1-3H3,(H,34,36)(H,41,42)/t19-,20+/m1/s1. The number of anilines is 2. The largest absolute Gasteiger partial charge is 0.477 e. The molecule has 5 aromatic rings. The van der Waals surface area contributed by atoms with Crippen LogP contribution in [-0.4, -0.2) is 95.1 Å². The van der Waals surface area contributed by atoms with Crippen molar-refractivity contribution in [3.63, 3.8) is 0 Å². The molecule has 0 radical (unpaired) electrons. The molecule has 4 N–H and O–H groups in total. The lowest BCUT2D eigenvalue weighted by Gasteiger charge is -2.33. The number of nitrogens with zero attached hydrogens (tertiary/aromatic N) is 5. The molecular formula is C29H28F2N8O4. The highest BCUT2D eigenvalue weighted by molar-refractivity contribution is 6.18. The topological polar surface area (TPSA) is 141 Å². The van der Waals surface area contributed by atoms with E-state index in [1.165, 1.54) is 10.9 Å². The highest BCUT2D eigenvalue weighted by atomic mass is 19.2. The number of fused-ring (bicyclic) bond motifs is 5. The summed E-state index contributed by atoms with van der Waals surface area (Å²) in [5, 5.41) is 13.1. The van der Waals surface area contributed by atoms with E-state index in [-0.39, 0.29) is 28.6 Å². The third-order valence-electron chi connectivity index (χ3n) is 8.55. The van der Waals surface area contributed by atoms with E-state index in [4.69, 9.17) is 4.74 Å². The Kier molecular flexibility index (Phi) is 6.21. The summed E-state index contributed by atoms with van der Waals surface area (Å²) in [5.74, 6) is -3.39. The Morgan fingerprint density at radius 1 is 1.16 bits per heavy atom. The highest BCUT2D eigenvalue weighted by Crippen LogP contribution is 2.44. The molecule has 6 heterocycles. The predicted octanol–water partition coefficient (Wildman–Crippen LogP) is 2.80. The van der Waals surface area contributed by atoms with E-state index < -0.39 is 28.6 Å². The summed E-state index contributed by atoms with van der Waals surface area (Å²) in [7, 11) is 5.24. The maximum Gasteiger partial charge on any atom is 0.341 e. The van der Waals surface area contributed by atoms with Gasteiger partial charge < -0.3 is 30.5 Å². The van der Waals surface area contributed by atoms with Gasteiger partial charge in [0.05, 0.1) is 51.8 Å². The van der Waals surface area contributed by atoms with Gasteiger partial charge in [-0.2, -0.15) is 0 Å². The molecule has 2 aliphatic rings. The van der Waals surface area contributed by atoms with Gasteiger partial charge in [0.1, 0.15) is 11.2 Å². The maximum absolute atomic E-state index is 15.7. The van der Waals surface area contributed by atoms with Crippen LogP contribution in [0.5, 0.6) is 0 Å². The van der Waals surface area contributed by atoms with Crippen molar-refractivity contribution in [2.45, 2.75) is 12.1 Å². The zero-order valence-electron chi connectivity index (χ0n) is 23.5. The first-order chi connectivity index (χ1) is 20.7. The molecule has 0 unspecified atom stereocenters. The van der Waals surface area contributed by atoms with Crippen molar-refractivity contribution in [1.29, 1.82) is 0 Å². The number of pyridine rings is 3. The number of nitrogens with one attached hydrogen (secondary N) is 3. The van der Waals surface area contributed by atoms with Gasteiger partial charge >= 0.3 is 5.97 Å². The summed E-state index contributed by atoms with van der Waals surface area (Å²) in [6.07, 6.45) is 4.24. The Bertz CT molecular complexity index is 2030. The lowest BCUT2D eigenvalue weighted by molar-refractivity contribution is -0.0362. The second kappa shape index (κ2) is 9.88. The first-order valence-corrected chi connectivity index (χ1v) is 13.8. The van der Waals surface area contributed by atoms with E-state index in [2.05, 4.69) is 35.5 Å². The molecule has 2 saturated heterocycles. The second-order valence-corrected chi connectivity index (χ2v) is 10.8. The molecule has 0 aliphatic carbocycles. The van der Waals surface area contributed by atoms with Crippen LogP contribution >= 0.6 is 0 Å². The number of aromatic nitrogens is 4. The molecule has 7 rings (SSSR count). The van der Waals surface area contributed by atoms with Gasteiger partial charge in [-0.1, -0.05) is 0 Å². The molecule has 14 heteroatoms. The molecule has 0 amide bonds. The van der Waals surface area contributed by atoms with Crippen molar-refractivity contribution in [1.82, 2.24) is 24.5 Å². The van der Waals surface area contributed by atoms with E-state index in [9.17, 15) is 19.1 Å². The maximum atomic E-state index is 15.7. The smallest absolute Gasteiger partial charge is 0.341 e. The van der Waals surface area contributed by atoms with Crippen LogP contribution < -0.4 is 21.1 Å². The molecule has 2 atom stereocenters. The Morgan fingerprint density at radius 3 is 2.70 bits per heavy atom. The molecule has 2 aliphatic heterocycles. The van der Waals surface area contributed by atoms with Crippen molar-refractivity contribution in [2.75, 3.05) is 63.0 Å². The van der Waals surface area contributed by atoms with Gasteiger partial charge in [0.25, 0.3) is 0 Å². The molecule has 4 aromatic heterocycles. The summed E-state index contributed by atoms with van der Waals surface area (Å²) in [6.45, 7) is 2.39. The van der Waals surface area contributed by atoms with Crippen LogP contribution in [0.25, 0.3) is 44.1 Å². The van der Waals surface area contributed by atoms with Crippen molar-refractivity contribution in [3.05, 3.63) is 58.1 Å². The van der Waals surface area contributed by atoms with Crippen LogP contribution in [0.2, 0.25) is 0 Å². The second-order valence-electron chi connectivity index (χ2n) is 10.8. The third-order valence-corrected chi connectivity index (χ3v) is 8.55. The Morgan fingerprint density at radius 2 is 1.98 bits per heavy atom. The van der Waals surface area contributed by atoms with E-state index in [0.717, 1.165) is 12.6 Å². The molecule has 1 aromatic carbocycles. The van der Waals surface area contributed by atoms with Crippen molar-refractivity contribution in [3.8, 4) is 11.1 Å². The van der Waals surface area contributed by atoms with Crippen LogP contribution in [0.15, 0.2) is 35.5 Å². The first-order valence-electron chi connectivity index (χ1n) is 13.8. The molecule has 43 heavy (non-hydrogen) atoms. The fourth-order valence-corrected chi connectivity index (χ4v) is 6.40. The first kappa shape index (κ1) is 27.0. The normalized spacial score (nSPS) is 19.0. The molecule has 0 bridgehead atoms. The number of H-pyrrole nitrogens is 1. The van der Waals surface area contributed by atoms with E-state index >= 15 is 4.39 Å². The van der Waals surface area contributed by atoms with Gasteiger partial charge in [0.15, 0.2) is 17.3 Å². The summed E-state index contributed by atoms with van der Waals surface area (Å²) < 4.78 is 38.1. The summed E-state index contributed by atoms with van der Waals surface area (Å²) in [5.41, 5.74) is 4.61. The van der Waals surface area contributed by atoms with Crippen LogP contribution in [0.3, 0.4) is 0 Å². The lowest BCUT2D eigenvalue weighted by Crippen LogP contribution is -2.48. The minimum atomic E-state index is -1.37. The summed E-state index contributed by atoms with van der Waals surface area (Å²) >= 11 is 0. The number of benzene rings is 1. The van der Waals surface area contributed by atoms with Gasteiger partial charge in [-0.3, -0.25) is 9.69 Å². The monoisotopic (exact) mass is 590 g/mol. The zero-order valence-corrected chi connectivity index (χ0v) is 23.5. The molecule has 2 fully saturated rings. The minimum Gasteiger partial charge on any atom is -0.477 e. The molecule has 222 valence electrons. The van der Waals surface area contributed by atoms with E-state index in [1.54, 1.807) is 32.6 Å². The molecule has 0 spiro atoms. The van der Waals surface area contributed by atoms with Crippen molar-refractivity contribution in [2.24, 2.45) is 0 Å². The van der Waals surface area contributed by atoms with Gasteiger partial charge in [-0.15, -0.1) is 0 Å². The van der Waals surface area contributed by atoms with Crippen LogP contribution in [-0.2, 0) is 4.74 Å². The number of halogens is 2. The Hall–Kier alpha value is -4.82. The van der Waals surface area contributed by atoms with Crippen molar-refractivity contribution < 1.29 is 23.4 Å². The predicted molar refractivity (Wildman–Crippen MR) is 159 cm³/mol. The number of hydrogen-bond donors (Lipinski definition) is 4. The van der Waals surface area contributed by atoms with Crippen LogP contribution in [0.4, 0.5) is 20.2 Å². The number of carboxylic acid groups (broad SMARTS) is 1. The minimum absolute atomic E-state index is 0.0484. The lowest BCUT2D eigenvalue weighted by atomic mass is 10.0. The van der Waals surface area contributed by atoms with Gasteiger partial charge in [-0.05, 0) is 13.1 Å². The Labute approximate surface area is 242 Å². The van der Waals surface area contributed by atoms with Crippen molar-refractivity contribution >= 4 is 50.3 Å². The van der Waals surface area contributed by atoms with E-state index in [1.807, 2.05) is 7.05 Å². The quantitative estimate of drug-likeness (QED) is 0.242. The number of aromatic amines is 1. The number of carbonyl (C=O) groups is 1. The number of morpholine rings is 1. The zero-order chi connectivity index (χ0) is 30.2. The Balaban J connectivity index is 1.54. The number of aromatic carboxylic acids is 1. The number of carboxylic acids is 1. The van der Waals surface area contributed by atoms with Crippen LogP contribution in [0.1, 0.15) is 10.4 Å². The van der Waals surface area contributed by atoms with Gasteiger partial charge in [0.2, 0.25) is 5.43 Å². The average molecular weight is 591 g/mol. The van der Waals surface area contributed by atoms with Crippen LogP contribution in [0, 0.1) is 11.6 Å². The van der Waals surface area contributed by atoms with E-state index in [0.29, 0.717) is 58.7 Å². The van der Waals surface area contributed by atoms with Gasteiger partial charge in [0, 0.05) is 69.5 Å². The summed E-state index contributed by atoms with van der Waals surface area (Å²) in [4.78, 5) is 41.7. The number of hydrogen-bond acceptors (Lipinski definition) is 9. The summed E-state index contributed by atoms with van der Waals surface area (Å²) in [6, 6.07) is 2.73. The SMILES string of the molecule is CNc1cc(F)c(F)c2c1[nH]c1ncc(-c3cnc4c(c3)c(=O)c(C(=O)O)cn4NC)c(N3C[C@@H]4OCCN(C)[C@@H]4C3)c12. The molecule has 12 nitrogen and oxygen atoms in total. The van der Waals surface area contributed by atoms with Gasteiger partial charge in [-0.25, -0.2) is 28.2 Å². The number of rotatable bonds is 5. The fraction of sp³-hybridized carbons (Fsp3) is 0.310. The third kappa shape index (κ3) is 4.01. The molecule has 0 saturated carbocycles. The fourth-order valence-electron chi connectivity index (χ4n) is 6.40. The number of likely N-dealkylation sites (N-methyl/N-ethyl adjacent to an activating group) is 1. The number of ether oxygens (including phenoxy) is 1.